The third-order valence-electron chi connectivity index (χ3n) is 4.93. The highest BCUT2D eigenvalue weighted by Crippen LogP contribution is 2.32. The quantitative estimate of drug-likeness (QED) is 0.173. The van der Waals surface area contributed by atoms with Gasteiger partial charge in [0.05, 0.1) is 11.1 Å². The molecule has 0 atom stereocenters. The van der Waals surface area contributed by atoms with Gasteiger partial charge in [-0.05, 0) is 52.7 Å². The van der Waals surface area contributed by atoms with Gasteiger partial charge in [-0.3, -0.25) is 0 Å². The molecule has 0 aliphatic rings. The van der Waals surface area contributed by atoms with Gasteiger partial charge in [0.15, 0.2) is 11.6 Å². The lowest BCUT2D eigenvalue weighted by Gasteiger charge is -2.10. The summed E-state index contributed by atoms with van der Waals surface area (Å²) in [7, 11) is 0. The Labute approximate surface area is 190 Å². The Morgan fingerprint density at radius 3 is 1.91 bits per heavy atom. The van der Waals surface area contributed by atoms with Crippen LogP contribution in [0.3, 0.4) is 0 Å². The van der Waals surface area contributed by atoms with Gasteiger partial charge in [-0.1, -0.05) is 30.6 Å². The fraction of sp³-hybridized carbons (Fsp3) is 0.0370. The predicted octanol–water partition coefficient (Wildman–Crippen LogP) is 7.31. The van der Waals surface area contributed by atoms with Crippen molar-refractivity contribution < 1.29 is 31.1 Å². The Balaban J connectivity index is 1.69. The molecule has 0 heterocycles. The molecular weight excluding hydrogens is 454 g/mol. The van der Waals surface area contributed by atoms with Gasteiger partial charge in [-0.15, -0.1) is 0 Å². The van der Waals surface area contributed by atoms with Crippen molar-refractivity contribution in [1.29, 1.82) is 0 Å². The molecule has 0 aromatic heterocycles. The molecule has 0 unspecified atom stereocenters. The van der Waals surface area contributed by atoms with Gasteiger partial charge in [0.1, 0.15) is 35.6 Å². The molecule has 4 aromatic rings. The normalized spacial score (nSPS) is 10.6. The molecule has 0 spiro atoms. The van der Waals surface area contributed by atoms with Crippen LogP contribution in [-0.2, 0) is 0 Å². The van der Waals surface area contributed by atoms with Crippen LogP contribution in [0.15, 0.2) is 67.3 Å². The Bertz CT molecular complexity index is 1450. The fourth-order valence-electron chi connectivity index (χ4n) is 3.36. The Morgan fingerprint density at radius 2 is 1.29 bits per heavy atom. The van der Waals surface area contributed by atoms with Gasteiger partial charge in [-0.2, -0.15) is 0 Å². The van der Waals surface area contributed by atoms with Crippen molar-refractivity contribution in [3.8, 4) is 28.7 Å². The standard InChI is InChI=1S/C27H14F6O/c1-2-7-34-19-13-25(32)27(26(33)14-19)18-11-21(28)20(22(29)12-18)6-4-15-3-5-16-9-23(30)24(31)10-17(16)8-15/h2-3,5,8-14H,1,7H2. The Kier molecular flexibility index (Phi) is 6.33. The van der Waals surface area contributed by atoms with Crippen molar-refractivity contribution >= 4 is 10.8 Å². The minimum atomic E-state index is -1.12. The first-order valence-corrected chi connectivity index (χ1v) is 9.90. The van der Waals surface area contributed by atoms with Gasteiger partial charge in [0, 0.05) is 17.7 Å². The van der Waals surface area contributed by atoms with E-state index in [-0.39, 0.29) is 17.9 Å². The first-order valence-electron chi connectivity index (χ1n) is 9.90. The molecular formula is C27H14F6O. The average Bonchev–Trinajstić information content (AvgIpc) is 2.77. The third-order valence-corrected chi connectivity index (χ3v) is 4.93. The number of hydrogen-bond acceptors (Lipinski definition) is 1. The minimum Gasteiger partial charge on any atom is -0.489 e. The lowest BCUT2D eigenvalue weighted by atomic mass is 10.0. The molecule has 0 fully saturated rings. The zero-order chi connectivity index (χ0) is 24.4. The van der Waals surface area contributed by atoms with Gasteiger partial charge < -0.3 is 4.74 Å². The molecule has 0 bridgehead atoms. The van der Waals surface area contributed by atoms with E-state index in [0.717, 1.165) is 36.4 Å². The van der Waals surface area contributed by atoms with E-state index in [2.05, 4.69) is 18.4 Å². The Morgan fingerprint density at radius 1 is 0.676 bits per heavy atom. The van der Waals surface area contributed by atoms with Crippen LogP contribution in [0.2, 0.25) is 0 Å². The molecule has 0 aliphatic carbocycles. The molecule has 7 heteroatoms. The molecule has 0 aliphatic heterocycles. The fourth-order valence-corrected chi connectivity index (χ4v) is 3.36. The summed E-state index contributed by atoms with van der Waals surface area (Å²) in [4.78, 5) is 0. The van der Waals surface area contributed by atoms with Crippen molar-refractivity contribution in [1.82, 2.24) is 0 Å². The van der Waals surface area contributed by atoms with Crippen molar-refractivity contribution in [3.05, 3.63) is 113 Å². The van der Waals surface area contributed by atoms with E-state index in [1.54, 1.807) is 0 Å². The van der Waals surface area contributed by atoms with Crippen molar-refractivity contribution in [2.45, 2.75) is 0 Å². The number of hydrogen-bond donors (Lipinski definition) is 0. The smallest absolute Gasteiger partial charge is 0.159 e. The summed E-state index contributed by atoms with van der Waals surface area (Å²) in [5.74, 6) is -1.59. The predicted molar refractivity (Wildman–Crippen MR) is 117 cm³/mol. The second-order valence-corrected chi connectivity index (χ2v) is 7.25. The van der Waals surface area contributed by atoms with Crippen LogP contribution in [0.1, 0.15) is 11.1 Å². The van der Waals surface area contributed by atoms with Gasteiger partial charge in [0.25, 0.3) is 0 Å². The van der Waals surface area contributed by atoms with Crippen molar-refractivity contribution in [3.63, 3.8) is 0 Å². The van der Waals surface area contributed by atoms with Crippen molar-refractivity contribution in [2.24, 2.45) is 0 Å². The maximum Gasteiger partial charge on any atom is 0.159 e. The van der Waals surface area contributed by atoms with E-state index in [0.29, 0.717) is 16.3 Å². The second kappa shape index (κ2) is 9.36. The average molecular weight is 468 g/mol. The molecule has 0 saturated heterocycles. The van der Waals surface area contributed by atoms with Crippen molar-refractivity contribution in [2.75, 3.05) is 6.61 Å². The summed E-state index contributed by atoms with van der Waals surface area (Å²) < 4.78 is 90.1. The largest absolute Gasteiger partial charge is 0.489 e. The minimum absolute atomic E-state index is 0.0257. The van der Waals surface area contributed by atoms with E-state index in [4.69, 9.17) is 4.74 Å². The second-order valence-electron chi connectivity index (χ2n) is 7.25. The zero-order valence-corrected chi connectivity index (χ0v) is 17.4. The van der Waals surface area contributed by atoms with E-state index >= 15 is 0 Å². The zero-order valence-electron chi connectivity index (χ0n) is 17.4. The number of benzene rings is 4. The molecule has 4 aromatic carbocycles. The van der Waals surface area contributed by atoms with E-state index in [9.17, 15) is 26.3 Å². The van der Waals surface area contributed by atoms with Gasteiger partial charge in [0.2, 0.25) is 0 Å². The van der Waals surface area contributed by atoms with Crippen LogP contribution in [-0.4, -0.2) is 6.61 Å². The van der Waals surface area contributed by atoms with Crippen LogP contribution < -0.4 is 4.74 Å². The summed E-state index contributed by atoms with van der Waals surface area (Å²) >= 11 is 0. The SMILES string of the molecule is C=CCOc1cc(F)c(-c2cc(F)c(C#Cc3ccc4cc(F)c(F)cc4c3)c(F)c2)c(F)c1. The number of halogens is 6. The summed E-state index contributed by atoms with van der Waals surface area (Å²) in [5, 5.41) is 0.782. The molecule has 0 saturated carbocycles. The lowest BCUT2D eigenvalue weighted by Crippen LogP contribution is -1.99. The first-order chi connectivity index (χ1) is 16.3. The van der Waals surface area contributed by atoms with Crippen LogP contribution in [0.5, 0.6) is 5.75 Å². The third kappa shape index (κ3) is 4.62. The van der Waals surface area contributed by atoms with Crippen LogP contribution in [0.4, 0.5) is 26.3 Å². The maximum absolute atomic E-state index is 14.6. The monoisotopic (exact) mass is 468 g/mol. The molecule has 0 amide bonds. The highest BCUT2D eigenvalue weighted by atomic mass is 19.2. The summed E-state index contributed by atoms with van der Waals surface area (Å²) in [6, 6.07) is 9.78. The number of fused-ring (bicyclic) bond motifs is 1. The number of ether oxygens (including phenoxy) is 1. The Hall–Kier alpha value is -4.18. The first kappa shape index (κ1) is 23.0. The maximum atomic E-state index is 14.6. The molecule has 1 nitrogen and oxygen atoms in total. The summed E-state index contributed by atoms with van der Waals surface area (Å²) in [5.41, 5.74) is -1.28. The molecule has 4 rings (SSSR count). The van der Waals surface area contributed by atoms with Gasteiger partial charge in [-0.25, -0.2) is 26.3 Å². The summed E-state index contributed by atoms with van der Waals surface area (Å²) in [6.45, 7) is 3.46. The molecule has 34 heavy (non-hydrogen) atoms. The molecule has 0 radical (unpaired) electrons. The highest BCUT2D eigenvalue weighted by Gasteiger charge is 2.18. The van der Waals surface area contributed by atoms with E-state index in [1.807, 2.05) is 0 Å². The van der Waals surface area contributed by atoms with Crippen LogP contribution in [0, 0.1) is 46.7 Å². The topological polar surface area (TPSA) is 9.23 Å². The van der Waals surface area contributed by atoms with Crippen LogP contribution >= 0.6 is 0 Å². The number of rotatable bonds is 4. The van der Waals surface area contributed by atoms with Crippen LogP contribution in [0.25, 0.3) is 21.9 Å². The van der Waals surface area contributed by atoms with E-state index in [1.165, 1.54) is 24.3 Å². The van der Waals surface area contributed by atoms with E-state index < -0.39 is 46.0 Å². The lowest BCUT2D eigenvalue weighted by molar-refractivity contribution is 0.358. The molecule has 0 N–H and O–H groups in total. The van der Waals surface area contributed by atoms with Gasteiger partial charge >= 0.3 is 0 Å². The highest BCUT2D eigenvalue weighted by molar-refractivity contribution is 5.84. The summed E-state index contributed by atoms with van der Waals surface area (Å²) in [6.07, 6.45) is 1.39. The molecule has 170 valence electrons.